The lowest BCUT2D eigenvalue weighted by Crippen LogP contribution is -2.38. The molecule has 1 aromatic heterocycles. The highest BCUT2D eigenvalue weighted by Gasteiger charge is 2.26. The van der Waals surface area contributed by atoms with Gasteiger partial charge in [-0.1, -0.05) is 11.6 Å². The molecule has 19 heavy (non-hydrogen) atoms. The second-order valence-corrected chi connectivity index (χ2v) is 4.59. The third kappa shape index (κ3) is 2.08. The molecule has 96 valence electrons. The number of hydrogen-bond donors (Lipinski definition) is 3. The number of halogens is 1. The van der Waals surface area contributed by atoms with E-state index in [1.54, 1.807) is 30.5 Å². The lowest BCUT2D eigenvalue weighted by atomic mass is 10.1. The Balaban J connectivity index is 2.01. The summed E-state index contributed by atoms with van der Waals surface area (Å²) in [6.07, 6.45) is 1.04. The van der Waals surface area contributed by atoms with Crippen LogP contribution in [0.1, 0.15) is 22.1 Å². The van der Waals surface area contributed by atoms with E-state index in [0.29, 0.717) is 22.0 Å². The molecule has 0 fully saturated rings. The lowest BCUT2D eigenvalue weighted by Gasteiger charge is -2.27. The van der Waals surface area contributed by atoms with Crippen LogP contribution in [0.2, 0.25) is 5.02 Å². The molecular weight excluding hydrogens is 266 g/mol. The normalized spacial score (nSPS) is 17.3. The van der Waals surface area contributed by atoms with Crippen molar-refractivity contribution in [3.05, 3.63) is 52.7 Å². The van der Waals surface area contributed by atoms with E-state index >= 15 is 0 Å². The van der Waals surface area contributed by atoms with E-state index in [1.165, 1.54) is 6.07 Å². The van der Waals surface area contributed by atoms with Crippen molar-refractivity contribution in [3.63, 3.8) is 0 Å². The van der Waals surface area contributed by atoms with Crippen LogP contribution >= 0.6 is 11.6 Å². The molecule has 0 saturated heterocycles. The minimum atomic E-state index is -0.561. The molecule has 1 aromatic carbocycles. The number of carbonyl (C=O) groups excluding carboxylic acids is 1. The fourth-order valence-corrected chi connectivity index (χ4v) is 2.18. The summed E-state index contributed by atoms with van der Waals surface area (Å²) in [4.78, 5) is 16.1. The Hall–Kier alpha value is -2.27. The first-order valence-electron chi connectivity index (χ1n) is 5.66. The highest BCUT2D eigenvalue weighted by molar-refractivity contribution is 6.30. The Morgan fingerprint density at radius 3 is 2.95 bits per heavy atom. The standard InChI is InChI=1S/C13H10ClN3O2/c14-7-3-4-10(18)9(6-7)12-16-11-8(13(19)17-12)2-1-5-15-11/h1-6,12,18H,(H,15,16)(H,17,19). The molecular formula is C13H10ClN3O2. The van der Waals surface area contributed by atoms with Crippen LogP contribution in [0.25, 0.3) is 0 Å². The molecule has 2 heterocycles. The molecule has 1 atom stereocenters. The fourth-order valence-electron chi connectivity index (χ4n) is 2.00. The molecule has 1 amide bonds. The van der Waals surface area contributed by atoms with Gasteiger partial charge in [-0.15, -0.1) is 0 Å². The molecule has 1 unspecified atom stereocenters. The maximum atomic E-state index is 12.0. The number of phenolic OH excluding ortho intramolecular Hbond substituents is 1. The monoisotopic (exact) mass is 275 g/mol. The van der Waals surface area contributed by atoms with Crippen molar-refractivity contribution in [1.82, 2.24) is 10.3 Å². The molecule has 0 bridgehead atoms. The first kappa shape index (κ1) is 11.8. The SMILES string of the molecule is O=C1NC(c2cc(Cl)ccc2O)Nc2ncccc21. The summed E-state index contributed by atoms with van der Waals surface area (Å²) < 4.78 is 0. The van der Waals surface area contributed by atoms with Crippen molar-refractivity contribution in [1.29, 1.82) is 0 Å². The zero-order valence-corrected chi connectivity index (χ0v) is 10.5. The Kier molecular flexibility index (Phi) is 2.76. The molecule has 0 aliphatic carbocycles. The topological polar surface area (TPSA) is 74.2 Å². The molecule has 1 aliphatic rings. The minimum absolute atomic E-state index is 0.0570. The van der Waals surface area contributed by atoms with Gasteiger partial charge in [0.2, 0.25) is 0 Å². The van der Waals surface area contributed by atoms with E-state index in [0.717, 1.165) is 0 Å². The number of aromatic hydroxyl groups is 1. The number of pyridine rings is 1. The summed E-state index contributed by atoms with van der Waals surface area (Å²) in [5.41, 5.74) is 0.970. The molecule has 0 saturated carbocycles. The summed E-state index contributed by atoms with van der Waals surface area (Å²) in [5.74, 6) is 0.295. The van der Waals surface area contributed by atoms with Gasteiger partial charge in [-0.3, -0.25) is 4.79 Å². The average molecular weight is 276 g/mol. The summed E-state index contributed by atoms with van der Waals surface area (Å²) in [6, 6.07) is 8.04. The maximum Gasteiger partial charge on any atom is 0.256 e. The highest BCUT2D eigenvalue weighted by Crippen LogP contribution is 2.31. The quantitative estimate of drug-likeness (QED) is 0.746. The Bertz CT molecular complexity index is 660. The highest BCUT2D eigenvalue weighted by atomic mass is 35.5. The van der Waals surface area contributed by atoms with E-state index < -0.39 is 6.17 Å². The van der Waals surface area contributed by atoms with E-state index in [1.807, 2.05) is 0 Å². The van der Waals surface area contributed by atoms with Crippen LogP contribution in [0.4, 0.5) is 5.82 Å². The summed E-state index contributed by atoms with van der Waals surface area (Å²) in [6.45, 7) is 0. The van der Waals surface area contributed by atoms with Gasteiger partial charge in [-0.2, -0.15) is 0 Å². The van der Waals surface area contributed by atoms with Gasteiger partial charge in [-0.05, 0) is 30.3 Å². The largest absolute Gasteiger partial charge is 0.508 e. The number of aromatic nitrogens is 1. The van der Waals surface area contributed by atoms with Crippen molar-refractivity contribution in [3.8, 4) is 5.75 Å². The van der Waals surface area contributed by atoms with Crippen molar-refractivity contribution < 1.29 is 9.90 Å². The first-order valence-corrected chi connectivity index (χ1v) is 6.04. The van der Waals surface area contributed by atoms with Crippen LogP contribution in [0.3, 0.4) is 0 Å². The third-order valence-electron chi connectivity index (χ3n) is 2.91. The van der Waals surface area contributed by atoms with Crippen molar-refractivity contribution in [2.45, 2.75) is 6.17 Å². The first-order chi connectivity index (χ1) is 9.15. The molecule has 3 rings (SSSR count). The fraction of sp³-hybridized carbons (Fsp3) is 0.0769. The second kappa shape index (κ2) is 4.44. The van der Waals surface area contributed by atoms with Gasteiger partial charge in [0.15, 0.2) is 0 Å². The van der Waals surface area contributed by atoms with Gasteiger partial charge in [0.1, 0.15) is 17.7 Å². The molecule has 0 radical (unpaired) electrons. The number of anilines is 1. The molecule has 1 aliphatic heterocycles. The van der Waals surface area contributed by atoms with Gasteiger partial charge in [-0.25, -0.2) is 4.98 Å². The van der Waals surface area contributed by atoms with E-state index in [-0.39, 0.29) is 11.7 Å². The number of rotatable bonds is 1. The van der Waals surface area contributed by atoms with Gasteiger partial charge < -0.3 is 15.7 Å². The van der Waals surface area contributed by atoms with Crippen LogP contribution in [0, 0.1) is 0 Å². The van der Waals surface area contributed by atoms with Crippen LogP contribution in [-0.4, -0.2) is 16.0 Å². The van der Waals surface area contributed by atoms with Gasteiger partial charge in [0.05, 0.1) is 5.56 Å². The summed E-state index contributed by atoms with van der Waals surface area (Å²) >= 11 is 5.91. The number of nitrogens with one attached hydrogen (secondary N) is 2. The Labute approximate surface area is 114 Å². The van der Waals surface area contributed by atoms with Crippen LogP contribution in [-0.2, 0) is 0 Å². The van der Waals surface area contributed by atoms with Gasteiger partial charge in [0, 0.05) is 16.8 Å². The smallest absolute Gasteiger partial charge is 0.256 e. The Morgan fingerprint density at radius 2 is 2.11 bits per heavy atom. The van der Waals surface area contributed by atoms with Gasteiger partial charge >= 0.3 is 0 Å². The lowest BCUT2D eigenvalue weighted by molar-refractivity contribution is 0.0934. The van der Waals surface area contributed by atoms with Crippen molar-refractivity contribution in [2.75, 3.05) is 5.32 Å². The minimum Gasteiger partial charge on any atom is -0.508 e. The maximum absolute atomic E-state index is 12.0. The van der Waals surface area contributed by atoms with Crippen molar-refractivity contribution >= 4 is 23.3 Å². The molecule has 0 spiro atoms. The average Bonchev–Trinajstić information content (AvgIpc) is 2.41. The number of fused-ring (bicyclic) bond motifs is 1. The van der Waals surface area contributed by atoms with Crippen molar-refractivity contribution in [2.24, 2.45) is 0 Å². The van der Waals surface area contributed by atoms with E-state index in [4.69, 9.17) is 11.6 Å². The number of amides is 1. The second-order valence-electron chi connectivity index (χ2n) is 4.15. The van der Waals surface area contributed by atoms with Gasteiger partial charge in [0.25, 0.3) is 5.91 Å². The molecule has 3 N–H and O–H groups in total. The predicted octanol–water partition coefficient (Wildman–Crippen LogP) is 2.29. The summed E-state index contributed by atoms with van der Waals surface area (Å²) in [7, 11) is 0. The summed E-state index contributed by atoms with van der Waals surface area (Å²) in [5, 5.41) is 16.1. The van der Waals surface area contributed by atoms with Crippen LogP contribution in [0.15, 0.2) is 36.5 Å². The molecule has 5 nitrogen and oxygen atoms in total. The van der Waals surface area contributed by atoms with E-state index in [2.05, 4.69) is 15.6 Å². The number of hydrogen-bond acceptors (Lipinski definition) is 4. The Morgan fingerprint density at radius 1 is 1.26 bits per heavy atom. The number of carbonyl (C=O) groups is 1. The number of nitrogens with zero attached hydrogens (tertiary/aromatic N) is 1. The van der Waals surface area contributed by atoms with E-state index in [9.17, 15) is 9.90 Å². The zero-order valence-electron chi connectivity index (χ0n) is 9.72. The van der Waals surface area contributed by atoms with Crippen LogP contribution in [0.5, 0.6) is 5.75 Å². The number of phenols is 1. The zero-order chi connectivity index (χ0) is 13.4. The third-order valence-corrected chi connectivity index (χ3v) is 3.14. The van der Waals surface area contributed by atoms with Crippen LogP contribution < -0.4 is 10.6 Å². The molecule has 2 aromatic rings. The number of benzene rings is 1. The predicted molar refractivity (Wildman–Crippen MR) is 71.2 cm³/mol. The molecule has 6 heteroatoms.